The molecule has 22 heavy (non-hydrogen) atoms. The zero-order valence-electron chi connectivity index (χ0n) is 15.3. The highest BCUT2D eigenvalue weighted by Gasteiger charge is 1.97. The van der Waals surface area contributed by atoms with Crippen molar-refractivity contribution in [3.8, 4) is 0 Å². The van der Waals surface area contributed by atoms with Crippen LogP contribution >= 0.6 is 0 Å². The molecule has 0 rings (SSSR count). The minimum atomic E-state index is 0.00282. The molecule has 0 aromatic carbocycles. The van der Waals surface area contributed by atoms with Crippen LogP contribution in [0.3, 0.4) is 0 Å². The molecule has 2 nitrogen and oxygen atoms in total. The highest BCUT2D eigenvalue weighted by atomic mass is 16.1. The topological polar surface area (TPSA) is 29.1 Å². The van der Waals surface area contributed by atoms with Gasteiger partial charge in [0.1, 0.15) is 0 Å². The minimum absolute atomic E-state index is 0.00282. The largest absolute Gasteiger partial charge is 0.349 e. The summed E-state index contributed by atoms with van der Waals surface area (Å²) in [5.74, 6) is 0.00282. The van der Waals surface area contributed by atoms with E-state index in [1.165, 1.54) is 16.7 Å². The molecule has 0 heterocycles. The Kier molecular flexibility index (Phi) is 11.2. The van der Waals surface area contributed by atoms with Crippen LogP contribution in [0.5, 0.6) is 0 Å². The van der Waals surface area contributed by atoms with Gasteiger partial charge in [-0.25, -0.2) is 0 Å². The Morgan fingerprint density at radius 1 is 0.773 bits per heavy atom. The summed E-state index contributed by atoms with van der Waals surface area (Å²) in [4.78, 5) is 11.8. The van der Waals surface area contributed by atoms with Gasteiger partial charge in [0.15, 0.2) is 0 Å². The molecule has 0 aromatic rings. The van der Waals surface area contributed by atoms with Crippen LogP contribution < -0.4 is 5.32 Å². The Balaban J connectivity index is 4.06. The first-order chi connectivity index (χ1) is 10.3. The second-order valence-electron chi connectivity index (χ2n) is 6.43. The quantitative estimate of drug-likeness (QED) is 0.443. The lowest BCUT2D eigenvalue weighted by Crippen LogP contribution is -2.21. The lowest BCUT2D eigenvalue weighted by molar-refractivity contribution is -0.116. The second-order valence-corrected chi connectivity index (χ2v) is 6.43. The molecule has 1 N–H and O–H groups in total. The van der Waals surface area contributed by atoms with Gasteiger partial charge in [0.05, 0.1) is 0 Å². The Bertz CT molecular complexity index is 456. The van der Waals surface area contributed by atoms with E-state index in [1.54, 1.807) is 6.08 Å². The summed E-state index contributed by atoms with van der Waals surface area (Å²) in [5.41, 5.74) is 5.13. The van der Waals surface area contributed by atoms with Gasteiger partial charge in [-0.05, 0) is 67.2 Å². The fourth-order valence-electron chi connectivity index (χ4n) is 1.95. The third-order valence-electron chi connectivity index (χ3n) is 3.29. The number of amides is 1. The number of allylic oxidation sites excluding steroid dienone is 6. The molecule has 0 spiro atoms. The van der Waals surface area contributed by atoms with Crippen molar-refractivity contribution in [3.05, 3.63) is 46.6 Å². The third kappa shape index (κ3) is 13.4. The molecule has 0 saturated carbocycles. The van der Waals surface area contributed by atoms with Gasteiger partial charge in [0.25, 0.3) is 0 Å². The van der Waals surface area contributed by atoms with E-state index in [2.05, 4.69) is 58.2 Å². The Morgan fingerprint density at radius 3 is 1.77 bits per heavy atom. The Morgan fingerprint density at radius 2 is 1.27 bits per heavy atom. The molecule has 124 valence electrons. The van der Waals surface area contributed by atoms with Crippen LogP contribution in [0.2, 0.25) is 0 Å². The molecular formula is C20H33NO. The smallest absolute Gasteiger partial charge is 0.244 e. The van der Waals surface area contributed by atoms with E-state index in [0.29, 0.717) is 6.54 Å². The monoisotopic (exact) mass is 303 g/mol. The second kappa shape index (κ2) is 12.0. The van der Waals surface area contributed by atoms with E-state index in [0.717, 1.165) is 31.3 Å². The Hall–Kier alpha value is -1.57. The first-order valence-corrected chi connectivity index (χ1v) is 8.18. The normalized spacial score (nSPS) is 11.9. The van der Waals surface area contributed by atoms with Crippen molar-refractivity contribution in [2.45, 2.75) is 67.2 Å². The highest BCUT2D eigenvalue weighted by Crippen LogP contribution is 2.07. The van der Waals surface area contributed by atoms with Crippen molar-refractivity contribution in [2.75, 3.05) is 6.54 Å². The fourth-order valence-corrected chi connectivity index (χ4v) is 1.95. The van der Waals surface area contributed by atoms with E-state index >= 15 is 0 Å². The van der Waals surface area contributed by atoms with Crippen molar-refractivity contribution in [1.29, 1.82) is 0 Å². The number of rotatable bonds is 9. The van der Waals surface area contributed by atoms with Crippen molar-refractivity contribution >= 4 is 5.91 Å². The molecule has 0 saturated heterocycles. The lowest BCUT2D eigenvalue weighted by Gasteiger charge is -2.03. The lowest BCUT2D eigenvalue weighted by atomic mass is 10.1. The number of hydrogen-bond acceptors (Lipinski definition) is 1. The molecule has 0 aliphatic heterocycles. The summed E-state index contributed by atoms with van der Waals surface area (Å²) in [6.07, 6.45) is 12.3. The standard InChI is InChI=1S/C20H33NO/c1-16(2)9-7-11-18(5)13-14-21-20(22)15-19(6)12-8-10-17(3)4/h9-10,13,15H,7-8,11-12,14H2,1-6H3,(H,21,22)/b18-13-,19-15+. The van der Waals surface area contributed by atoms with Crippen molar-refractivity contribution in [1.82, 2.24) is 5.32 Å². The highest BCUT2D eigenvalue weighted by molar-refractivity contribution is 5.88. The average Bonchev–Trinajstić information content (AvgIpc) is 2.37. The van der Waals surface area contributed by atoms with Gasteiger partial charge < -0.3 is 5.32 Å². The number of hydrogen-bond donors (Lipinski definition) is 1. The predicted molar refractivity (Wildman–Crippen MR) is 97.9 cm³/mol. The third-order valence-corrected chi connectivity index (χ3v) is 3.29. The average molecular weight is 303 g/mol. The molecular weight excluding hydrogens is 270 g/mol. The summed E-state index contributed by atoms with van der Waals surface area (Å²) in [7, 11) is 0. The van der Waals surface area contributed by atoms with E-state index in [9.17, 15) is 4.79 Å². The van der Waals surface area contributed by atoms with Crippen molar-refractivity contribution in [3.63, 3.8) is 0 Å². The van der Waals surface area contributed by atoms with E-state index < -0.39 is 0 Å². The van der Waals surface area contributed by atoms with Gasteiger partial charge in [0, 0.05) is 12.6 Å². The molecule has 0 aliphatic carbocycles. The maximum atomic E-state index is 11.8. The molecule has 0 unspecified atom stereocenters. The minimum Gasteiger partial charge on any atom is -0.349 e. The van der Waals surface area contributed by atoms with Crippen molar-refractivity contribution in [2.24, 2.45) is 0 Å². The van der Waals surface area contributed by atoms with Crippen LogP contribution in [0.1, 0.15) is 67.2 Å². The van der Waals surface area contributed by atoms with Crippen LogP contribution in [0.25, 0.3) is 0 Å². The van der Waals surface area contributed by atoms with E-state index in [4.69, 9.17) is 0 Å². The fraction of sp³-hybridized carbons (Fsp3) is 0.550. The van der Waals surface area contributed by atoms with E-state index in [1.807, 2.05) is 6.92 Å². The predicted octanol–water partition coefficient (Wildman–Crippen LogP) is 5.49. The van der Waals surface area contributed by atoms with Crippen LogP contribution in [0, 0.1) is 0 Å². The van der Waals surface area contributed by atoms with Gasteiger partial charge >= 0.3 is 0 Å². The summed E-state index contributed by atoms with van der Waals surface area (Å²) < 4.78 is 0. The maximum Gasteiger partial charge on any atom is 0.244 e. The molecule has 0 atom stereocenters. The summed E-state index contributed by atoms with van der Waals surface area (Å²) in [6, 6.07) is 0. The van der Waals surface area contributed by atoms with Crippen LogP contribution in [0.15, 0.2) is 46.6 Å². The number of carbonyl (C=O) groups excluding carboxylic acids is 1. The van der Waals surface area contributed by atoms with Crippen molar-refractivity contribution < 1.29 is 4.79 Å². The van der Waals surface area contributed by atoms with Crippen LogP contribution in [-0.4, -0.2) is 12.5 Å². The van der Waals surface area contributed by atoms with Gasteiger partial charge in [0.2, 0.25) is 5.91 Å². The molecule has 0 fully saturated rings. The van der Waals surface area contributed by atoms with Crippen LogP contribution in [0.4, 0.5) is 0 Å². The summed E-state index contributed by atoms with van der Waals surface area (Å²) in [6.45, 7) is 13.2. The van der Waals surface area contributed by atoms with Gasteiger partial charge in [-0.15, -0.1) is 0 Å². The molecule has 2 heteroatoms. The Labute approximate surface area is 137 Å². The van der Waals surface area contributed by atoms with Gasteiger partial charge in [-0.2, -0.15) is 0 Å². The number of carbonyl (C=O) groups is 1. The zero-order chi connectivity index (χ0) is 17.0. The first-order valence-electron chi connectivity index (χ1n) is 8.18. The van der Waals surface area contributed by atoms with Gasteiger partial charge in [-0.3, -0.25) is 4.79 Å². The molecule has 0 aromatic heterocycles. The molecule has 1 amide bonds. The number of nitrogens with one attached hydrogen (secondary N) is 1. The summed E-state index contributed by atoms with van der Waals surface area (Å²) in [5, 5.41) is 2.92. The molecule has 0 aliphatic rings. The molecule has 0 bridgehead atoms. The van der Waals surface area contributed by atoms with Gasteiger partial charge in [-0.1, -0.05) is 40.5 Å². The van der Waals surface area contributed by atoms with Crippen LogP contribution in [-0.2, 0) is 4.79 Å². The zero-order valence-corrected chi connectivity index (χ0v) is 15.3. The SMILES string of the molecule is CC(C)=CCC/C(C)=C\CNC(=O)/C=C(\C)CCC=C(C)C. The first kappa shape index (κ1) is 20.4. The molecule has 0 radical (unpaired) electrons. The maximum absolute atomic E-state index is 11.8. The van der Waals surface area contributed by atoms with E-state index in [-0.39, 0.29) is 5.91 Å². The summed E-state index contributed by atoms with van der Waals surface area (Å²) >= 11 is 0.